The van der Waals surface area contributed by atoms with Crippen LogP contribution in [0.25, 0.3) is 0 Å². The Morgan fingerprint density at radius 3 is 2.41 bits per heavy atom. The van der Waals surface area contributed by atoms with Crippen LogP contribution in [0, 0.1) is 5.92 Å². The first-order valence-corrected chi connectivity index (χ1v) is 6.00. The highest BCUT2D eigenvalue weighted by Crippen LogP contribution is 2.22. The Balaban J connectivity index is 2.60. The van der Waals surface area contributed by atoms with Gasteiger partial charge in [-0.15, -0.1) is 0 Å². The van der Waals surface area contributed by atoms with Gasteiger partial charge in [0.2, 0.25) is 0 Å². The molecule has 1 heterocycles. The van der Waals surface area contributed by atoms with Gasteiger partial charge in [-0.2, -0.15) is 0 Å². The van der Waals surface area contributed by atoms with Gasteiger partial charge in [-0.05, 0) is 34.6 Å². The summed E-state index contributed by atoms with van der Waals surface area (Å²) in [6.45, 7) is 10.4. The molecule has 17 heavy (non-hydrogen) atoms. The number of rotatable bonds is 1. The van der Waals surface area contributed by atoms with E-state index in [0.717, 1.165) is 5.57 Å². The molecule has 2 atom stereocenters. The van der Waals surface area contributed by atoms with Crippen molar-refractivity contribution in [2.24, 2.45) is 5.92 Å². The zero-order chi connectivity index (χ0) is 13.2. The Bertz CT molecular complexity index is 313. The summed E-state index contributed by atoms with van der Waals surface area (Å²) < 4.78 is 5.28. The zero-order valence-corrected chi connectivity index (χ0v) is 11.4. The van der Waals surface area contributed by atoms with Crippen molar-refractivity contribution in [1.82, 2.24) is 4.90 Å². The minimum atomic E-state index is -0.489. The Kier molecular flexibility index (Phi) is 4.20. The molecule has 0 bridgehead atoms. The van der Waals surface area contributed by atoms with E-state index in [1.807, 2.05) is 40.7 Å². The summed E-state index contributed by atoms with van der Waals surface area (Å²) >= 11 is 0. The Morgan fingerprint density at radius 1 is 1.35 bits per heavy atom. The van der Waals surface area contributed by atoms with E-state index in [2.05, 4.69) is 0 Å². The first-order chi connectivity index (χ1) is 7.69. The van der Waals surface area contributed by atoms with Gasteiger partial charge in [0, 0.05) is 12.5 Å². The maximum absolute atomic E-state index is 11.8. The normalized spacial score (nSPS) is 24.7. The number of likely N-dealkylation sites (tertiary alicyclic amines) is 1. The zero-order valence-electron chi connectivity index (χ0n) is 11.4. The largest absolute Gasteiger partial charge is 0.444 e. The predicted molar refractivity (Wildman–Crippen MR) is 66.7 cm³/mol. The summed E-state index contributed by atoms with van der Waals surface area (Å²) in [6.07, 6.45) is 1.17. The van der Waals surface area contributed by atoms with Gasteiger partial charge < -0.3 is 14.7 Å². The van der Waals surface area contributed by atoms with E-state index in [1.54, 1.807) is 4.90 Å². The van der Waals surface area contributed by atoms with Crippen molar-refractivity contribution in [3.05, 3.63) is 11.6 Å². The highest BCUT2D eigenvalue weighted by atomic mass is 16.6. The predicted octanol–water partition coefficient (Wildman–Crippen LogP) is 2.18. The van der Waals surface area contributed by atoms with Gasteiger partial charge in [-0.1, -0.05) is 11.6 Å². The van der Waals surface area contributed by atoms with E-state index < -0.39 is 11.7 Å². The molecular weight excluding hydrogens is 218 g/mol. The molecule has 98 valence electrons. The van der Waals surface area contributed by atoms with Gasteiger partial charge in [0.15, 0.2) is 0 Å². The molecule has 0 radical (unpaired) electrons. The van der Waals surface area contributed by atoms with E-state index >= 15 is 0 Å². The molecule has 4 nitrogen and oxygen atoms in total. The lowest BCUT2D eigenvalue weighted by Gasteiger charge is -2.24. The monoisotopic (exact) mass is 241 g/mol. The molecule has 0 aliphatic carbocycles. The molecule has 0 unspecified atom stereocenters. The number of β-amino-alcohol motifs (C(OH)–C–C–N with tert-alkyl or cyclic N) is 1. The molecule has 0 aromatic carbocycles. The van der Waals surface area contributed by atoms with E-state index in [0.29, 0.717) is 13.1 Å². The number of nitrogens with zero attached hydrogens (tertiary/aromatic N) is 1. The number of aliphatic hydroxyl groups excluding tert-OH is 1. The fourth-order valence-electron chi connectivity index (χ4n) is 1.88. The van der Waals surface area contributed by atoms with Crippen LogP contribution in [0.4, 0.5) is 4.79 Å². The second-order valence-electron chi connectivity index (χ2n) is 5.86. The van der Waals surface area contributed by atoms with Crippen LogP contribution in [-0.4, -0.2) is 40.9 Å². The number of hydrogen-bond donors (Lipinski definition) is 1. The molecule has 0 aromatic heterocycles. The molecule has 1 N–H and O–H groups in total. The molecule has 0 aromatic rings. The second-order valence-corrected chi connectivity index (χ2v) is 5.86. The lowest BCUT2D eigenvalue weighted by Crippen LogP contribution is -2.35. The van der Waals surface area contributed by atoms with Crippen molar-refractivity contribution in [2.45, 2.75) is 46.3 Å². The fourth-order valence-corrected chi connectivity index (χ4v) is 1.88. The van der Waals surface area contributed by atoms with Crippen LogP contribution in [-0.2, 0) is 4.74 Å². The highest BCUT2D eigenvalue weighted by molar-refractivity contribution is 5.68. The minimum Gasteiger partial charge on any atom is -0.444 e. The van der Waals surface area contributed by atoms with Gasteiger partial charge in [0.25, 0.3) is 0 Å². The first-order valence-electron chi connectivity index (χ1n) is 6.00. The maximum atomic E-state index is 11.8. The Hall–Kier alpha value is -1.03. The van der Waals surface area contributed by atoms with Crippen molar-refractivity contribution >= 4 is 6.09 Å². The number of hydrogen-bond acceptors (Lipinski definition) is 3. The quantitative estimate of drug-likeness (QED) is 0.716. The molecule has 4 heteroatoms. The van der Waals surface area contributed by atoms with E-state index in [9.17, 15) is 9.90 Å². The average Bonchev–Trinajstić information content (AvgIpc) is 2.44. The number of ether oxygens (including phenoxy) is 1. The Morgan fingerprint density at radius 2 is 1.94 bits per heavy atom. The third-order valence-electron chi connectivity index (χ3n) is 2.53. The average molecular weight is 241 g/mol. The van der Waals surface area contributed by atoms with Crippen LogP contribution in [0.3, 0.4) is 0 Å². The van der Waals surface area contributed by atoms with Crippen molar-refractivity contribution in [3.8, 4) is 0 Å². The topological polar surface area (TPSA) is 49.8 Å². The maximum Gasteiger partial charge on any atom is 0.410 e. The molecule has 1 rings (SSSR count). The standard InChI is InChI=1S/C13H23NO3/c1-9(2)6-10-7-14(8-11(10)15)12(16)17-13(3,4)5/h6,10-11,15H,7-8H2,1-5H3/t10-,11-/m1/s1. The van der Waals surface area contributed by atoms with Gasteiger partial charge in [0.05, 0.1) is 12.6 Å². The van der Waals surface area contributed by atoms with Crippen molar-refractivity contribution in [1.29, 1.82) is 0 Å². The molecule has 1 aliphatic heterocycles. The van der Waals surface area contributed by atoms with Crippen molar-refractivity contribution in [2.75, 3.05) is 13.1 Å². The third kappa shape index (κ3) is 4.38. The van der Waals surface area contributed by atoms with Crippen LogP contribution >= 0.6 is 0 Å². The lowest BCUT2D eigenvalue weighted by molar-refractivity contribution is 0.0270. The van der Waals surface area contributed by atoms with Gasteiger partial charge in [-0.25, -0.2) is 4.79 Å². The van der Waals surface area contributed by atoms with Crippen LogP contribution in [0.5, 0.6) is 0 Å². The first kappa shape index (κ1) is 14.0. The Labute approximate surface area is 103 Å². The van der Waals surface area contributed by atoms with Crippen LogP contribution in [0.1, 0.15) is 34.6 Å². The summed E-state index contributed by atoms with van der Waals surface area (Å²) in [4.78, 5) is 13.4. The lowest BCUT2D eigenvalue weighted by atomic mass is 10.0. The van der Waals surface area contributed by atoms with Crippen LogP contribution < -0.4 is 0 Å². The number of carbonyl (C=O) groups excluding carboxylic acids is 1. The SMILES string of the molecule is CC(C)=C[C@@H]1CN(C(=O)OC(C)(C)C)C[C@H]1O. The molecule has 1 amide bonds. The van der Waals surface area contributed by atoms with E-state index in [4.69, 9.17) is 4.74 Å². The fraction of sp³-hybridized carbons (Fsp3) is 0.769. The van der Waals surface area contributed by atoms with E-state index in [-0.39, 0.29) is 12.0 Å². The molecule has 1 saturated heterocycles. The third-order valence-corrected chi connectivity index (χ3v) is 2.53. The van der Waals surface area contributed by atoms with E-state index in [1.165, 1.54) is 0 Å². The number of carbonyl (C=O) groups is 1. The molecular formula is C13H23NO3. The summed E-state index contributed by atoms with van der Waals surface area (Å²) in [7, 11) is 0. The van der Waals surface area contributed by atoms with Gasteiger partial charge in [-0.3, -0.25) is 0 Å². The summed E-state index contributed by atoms with van der Waals surface area (Å²) in [5, 5.41) is 9.86. The number of aliphatic hydroxyl groups is 1. The van der Waals surface area contributed by atoms with Gasteiger partial charge >= 0.3 is 6.09 Å². The molecule has 1 aliphatic rings. The molecule has 0 spiro atoms. The van der Waals surface area contributed by atoms with Crippen LogP contribution in [0.2, 0.25) is 0 Å². The minimum absolute atomic E-state index is 0.0209. The summed E-state index contributed by atoms with van der Waals surface area (Å²) in [5.41, 5.74) is 0.663. The molecule has 1 fully saturated rings. The summed E-state index contributed by atoms with van der Waals surface area (Å²) in [6, 6.07) is 0. The smallest absolute Gasteiger partial charge is 0.410 e. The van der Waals surface area contributed by atoms with Crippen LogP contribution in [0.15, 0.2) is 11.6 Å². The van der Waals surface area contributed by atoms with Crippen molar-refractivity contribution in [3.63, 3.8) is 0 Å². The number of allylic oxidation sites excluding steroid dienone is 1. The second kappa shape index (κ2) is 5.08. The van der Waals surface area contributed by atoms with Crippen molar-refractivity contribution < 1.29 is 14.6 Å². The number of amides is 1. The summed E-state index contributed by atoms with van der Waals surface area (Å²) in [5.74, 6) is 0.0209. The molecule has 0 saturated carbocycles. The van der Waals surface area contributed by atoms with Gasteiger partial charge in [0.1, 0.15) is 5.60 Å². The highest BCUT2D eigenvalue weighted by Gasteiger charge is 2.34.